The van der Waals surface area contributed by atoms with Crippen LogP contribution in [0.1, 0.15) is 23.5 Å². The average molecular weight is 365 g/mol. The molecule has 0 amide bonds. The minimum Gasteiger partial charge on any atom is -0.197 e. The summed E-state index contributed by atoms with van der Waals surface area (Å²) in [6.45, 7) is 3.80. The van der Waals surface area contributed by atoms with Crippen LogP contribution in [0.15, 0.2) is 71.7 Å². The number of nitriles is 2. The van der Waals surface area contributed by atoms with Gasteiger partial charge >= 0.3 is 0 Å². The molecular weight excluding hydrogens is 348 g/mol. The van der Waals surface area contributed by atoms with Gasteiger partial charge < -0.3 is 0 Å². The van der Waals surface area contributed by atoms with Crippen molar-refractivity contribution >= 4 is 15.9 Å². The number of benzene rings is 2. The summed E-state index contributed by atoms with van der Waals surface area (Å²) in [5.74, 6) is -0.208. The lowest BCUT2D eigenvalue weighted by molar-refractivity contribution is 0.408. The van der Waals surface area contributed by atoms with Gasteiger partial charge in [-0.05, 0) is 29.7 Å². The van der Waals surface area contributed by atoms with E-state index in [1.807, 2.05) is 54.6 Å². The van der Waals surface area contributed by atoms with Crippen molar-refractivity contribution in [3.05, 3.63) is 82.9 Å². The van der Waals surface area contributed by atoms with Crippen molar-refractivity contribution in [3.8, 4) is 12.1 Å². The maximum atomic E-state index is 9.83. The van der Waals surface area contributed by atoms with Gasteiger partial charge in [0.25, 0.3) is 0 Å². The largest absolute Gasteiger partial charge is 0.197 e. The smallest absolute Gasteiger partial charge is 0.154 e. The lowest BCUT2D eigenvalue weighted by Gasteiger charge is -2.29. The molecule has 0 heterocycles. The third-order valence-electron chi connectivity index (χ3n) is 3.99. The summed E-state index contributed by atoms with van der Waals surface area (Å²) in [6, 6.07) is 22.1. The third kappa shape index (κ3) is 3.89. The third-order valence-corrected chi connectivity index (χ3v) is 4.52. The van der Waals surface area contributed by atoms with Crippen LogP contribution in [0.2, 0.25) is 0 Å². The molecule has 1 atom stereocenters. The summed E-state index contributed by atoms with van der Waals surface area (Å²) in [5.41, 5.74) is 0.845. The SMILES string of the molecule is C=CCC(c1ccccc1)C(C#N)(C#N)Cc1ccc(Br)cc1. The molecule has 0 aliphatic heterocycles. The Morgan fingerprint density at radius 3 is 2.17 bits per heavy atom. The molecule has 0 bridgehead atoms. The lowest BCUT2D eigenvalue weighted by Crippen LogP contribution is -2.28. The number of hydrogen-bond acceptors (Lipinski definition) is 2. The lowest BCUT2D eigenvalue weighted by atomic mass is 9.69. The Morgan fingerprint density at radius 2 is 1.65 bits per heavy atom. The minimum atomic E-state index is -1.12. The van der Waals surface area contributed by atoms with Crippen LogP contribution in [-0.4, -0.2) is 0 Å². The van der Waals surface area contributed by atoms with E-state index in [1.165, 1.54) is 0 Å². The molecule has 0 aliphatic carbocycles. The number of nitrogens with zero attached hydrogens (tertiary/aromatic N) is 2. The van der Waals surface area contributed by atoms with Gasteiger partial charge in [-0.3, -0.25) is 0 Å². The molecule has 3 heteroatoms. The predicted molar refractivity (Wildman–Crippen MR) is 95.5 cm³/mol. The maximum absolute atomic E-state index is 9.83. The first-order chi connectivity index (χ1) is 11.1. The molecule has 0 N–H and O–H groups in total. The fourth-order valence-corrected chi connectivity index (χ4v) is 3.05. The highest BCUT2D eigenvalue weighted by atomic mass is 79.9. The Balaban J connectivity index is 2.44. The summed E-state index contributed by atoms with van der Waals surface area (Å²) in [6.07, 6.45) is 2.75. The molecule has 0 saturated carbocycles. The van der Waals surface area contributed by atoms with E-state index in [4.69, 9.17) is 0 Å². The molecule has 0 aromatic heterocycles. The summed E-state index contributed by atoms with van der Waals surface area (Å²) in [5, 5.41) is 19.7. The van der Waals surface area contributed by atoms with Gasteiger partial charge in [-0.25, -0.2) is 0 Å². The fraction of sp³-hybridized carbons (Fsp3) is 0.200. The normalized spacial score (nSPS) is 12.0. The van der Waals surface area contributed by atoms with Crippen molar-refractivity contribution in [3.63, 3.8) is 0 Å². The second-order valence-electron chi connectivity index (χ2n) is 5.49. The van der Waals surface area contributed by atoms with Crippen molar-refractivity contribution in [2.45, 2.75) is 18.8 Å². The van der Waals surface area contributed by atoms with E-state index in [2.05, 4.69) is 34.6 Å². The van der Waals surface area contributed by atoms with Gasteiger partial charge in [-0.1, -0.05) is 64.5 Å². The summed E-state index contributed by atoms with van der Waals surface area (Å²) < 4.78 is 0.978. The number of rotatable bonds is 6. The van der Waals surface area contributed by atoms with Gasteiger partial charge in [0.05, 0.1) is 12.1 Å². The van der Waals surface area contributed by atoms with E-state index >= 15 is 0 Å². The molecule has 0 aliphatic rings. The summed E-state index contributed by atoms with van der Waals surface area (Å²) >= 11 is 3.41. The highest BCUT2D eigenvalue weighted by Crippen LogP contribution is 2.41. The standard InChI is InChI=1S/C20H17BrN2/c1-2-6-19(17-7-4-3-5-8-17)20(14-22,15-23)13-16-9-11-18(21)12-10-16/h2-5,7-12,19H,1,6,13H2. The second kappa shape index (κ2) is 7.77. The molecule has 1 unspecified atom stereocenters. The van der Waals surface area contributed by atoms with Crippen LogP contribution in [0.25, 0.3) is 0 Å². The number of allylic oxidation sites excluding steroid dienone is 1. The van der Waals surface area contributed by atoms with Crippen LogP contribution in [0, 0.1) is 28.1 Å². The van der Waals surface area contributed by atoms with Gasteiger partial charge in [0.2, 0.25) is 0 Å². The van der Waals surface area contributed by atoms with Gasteiger partial charge in [0.15, 0.2) is 5.41 Å². The maximum Gasteiger partial charge on any atom is 0.154 e. The van der Waals surface area contributed by atoms with Gasteiger partial charge in [0.1, 0.15) is 0 Å². The van der Waals surface area contributed by atoms with Crippen LogP contribution in [0.3, 0.4) is 0 Å². The van der Waals surface area contributed by atoms with Crippen molar-refractivity contribution in [2.75, 3.05) is 0 Å². The molecule has 114 valence electrons. The molecule has 2 nitrogen and oxygen atoms in total. The van der Waals surface area contributed by atoms with E-state index in [0.29, 0.717) is 12.8 Å². The molecule has 0 radical (unpaired) electrons. The molecule has 0 saturated heterocycles. The Kier molecular flexibility index (Phi) is 5.74. The van der Waals surface area contributed by atoms with Gasteiger partial charge in [-0.2, -0.15) is 10.5 Å². The molecule has 2 aromatic rings. The van der Waals surface area contributed by atoms with E-state index in [0.717, 1.165) is 15.6 Å². The van der Waals surface area contributed by atoms with Crippen LogP contribution in [0.4, 0.5) is 0 Å². The molecule has 0 spiro atoms. The highest BCUT2D eigenvalue weighted by molar-refractivity contribution is 9.10. The zero-order valence-electron chi connectivity index (χ0n) is 12.7. The first-order valence-electron chi connectivity index (χ1n) is 7.38. The summed E-state index contributed by atoms with van der Waals surface area (Å²) in [4.78, 5) is 0. The predicted octanol–water partition coefficient (Wildman–Crippen LogP) is 5.39. The second-order valence-corrected chi connectivity index (χ2v) is 6.40. The van der Waals surface area contributed by atoms with Gasteiger partial charge in [0, 0.05) is 16.8 Å². The van der Waals surface area contributed by atoms with E-state index in [-0.39, 0.29) is 5.92 Å². The van der Waals surface area contributed by atoms with Crippen LogP contribution >= 0.6 is 15.9 Å². The minimum absolute atomic E-state index is 0.208. The fourth-order valence-electron chi connectivity index (χ4n) is 2.78. The molecule has 2 aromatic carbocycles. The monoisotopic (exact) mass is 364 g/mol. The first-order valence-corrected chi connectivity index (χ1v) is 8.17. The topological polar surface area (TPSA) is 47.6 Å². The highest BCUT2D eigenvalue weighted by Gasteiger charge is 2.40. The number of hydrogen-bond donors (Lipinski definition) is 0. The molecule has 23 heavy (non-hydrogen) atoms. The quantitative estimate of drug-likeness (QED) is 0.645. The Morgan fingerprint density at radius 1 is 1.04 bits per heavy atom. The van der Waals surface area contributed by atoms with Crippen molar-refractivity contribution in [2.24, 2.45) is 5.41 Å². The van der Waals surface area contributed by atoms with Crippen molar-refractivity contribution < 1.29 is 0 Å². The van der Waals surface area contributed by atoms with E-state index in [9.17, 15) is 10.5 Å². The molecular formula is C20H17BrN2. The van der Waals surface area contributed by atoms with Crippen molar-refractivity contribution in [1.29, 1.82) is 10.5 Å². The van der Waals surface area contributed by atoms with Gasteiger partial charge in [-0.15, -0.1) is 6.58 Å². The summed E-state index contributed by atoms with van der Waals surface area (Å²) in [7, 11) is 0. The number of halogens is 1. The Labute approximate surface area is 145 Å². The van der Waals surface area contributed by atoms with Crippen molar-refractivity contribution in [1.82, 2.24) is 0 Å². The zero-order chi connectivity index (χ0) is 16.7. The van der Waals surface area contributed by atoms with E-state index < -0.39 is 5.41 Å². The average Bonchev–Trinajstić information content (AvgIpc) is 2.60. The van der Waals surface area contributed by atoms with Crippen LogP contribution < -0.4 is 0 Å². The van der Waals surface area contributed by atoms with E-state index in [1.54, 1.807) is 6.08 Å². The Bertz CT molecular complexity index is 722. The van der Waals surface area contributed by atoms with Crippen LogP contribution in [0.5, 0.6) is 0 Å². The zero-order valence-corrected chi connectivity index (χ0v) is 14.3. The van der Waals surface area contributed by atoms with Crippen LogP contribution in [-0.2, 0) is 6.42 Å². The molecule has 0 fully saturated rings. The molecule has 2 rings (SSSR count). The Hall–Kier alpha value is -2.36. The first kappa shape index (κ1) is 17.0.